The average molecular weight is 260 g/mol. The van der Waals surface area contributed by atoms with Crippen LogP contribution in [0.15, 0.2) is 0 Å². The van der Waals surface area contributed by atoms with Gasteiger partial charge in [0.05, 0.1) is 5.25 Å². The number of hydrogen-bond acceptors (Lipinski definition) is 3. The van der Waals surface area contributed by atoms with Crippen molar-refractivity contribution < 1.29 is 8.42 Å². The molecule has 0 amide bonds. The first-order valence-corrected chi connectivity index (χ1v) is 8.26. The van der Waals surface area contributed by atoms with Gasteiger partial charge in [0.15, 0.2) is 0 Å². The van der Waals surface area contributed by atoms with Crippen molar-refractivity contribution in [2.45, 2.75) is 56.7 Å². The normalized spacial score (nSPS) is 33.1. The lowest BCUT2D eigenvalue weighted by Gasteiger charge is -2.29. The minimum absolute atomic E-state index is 0.129. The number of sulfonamides is 1. The fourth-order valence-electron chi connectivity index (χ4n) is 3.19. The largest absolute Gasteiger partial charge is 0.330 e. The van der Waals surface area contributed by atoms with Gasteiger partial charge in [-0.15, -0.1) is 0 Å². The van der Waals surface area contributed by atoms with Crippen molar-refractivity contribution in [2.24, 2.45) is 11.7 Å². The molecular weight excluding hydrogens is 236 g/mol. The molecule has 2 rings (SSSR count). The Hall–Kier alpha value is -0.130. The molecule has 0 bridgehead atoms. The molecule has 0 aromatic carbocycles. The second kappa shape index (κ2) is 5.24. The third-order valence-electron chi connectivity index (χ3n) is 4.24. The number of rotatable bonds is 3. The number of hydrogen-bond donors (Lipinski definition) is 1. The fraction of sp³-hybridized carbons (Fsp3) is 1.00. The maximum absolute atomic E-state index is 12.5. The van der Waals surface area contributed by atoms with E-state index in [0.29, 0.717) is 19.0 Å². The molecule has 2 N–H and O–H groups in total. The topological polar surface area (TPSA) is 63.4 Å². The summed E-state index contributed by atoms with van der Waals surface area (Å²) < 4.78 is 26.8. The van der Waals surface area contributed by atoms with Crippen molar-refractivity contribution in [2.75, 3.05) is 13.1 Å². The molecule has 1 aliphatic carbocycles. The van der Waals surface area contributed by atoms with E-state index in [1.807, 2.05) is 6.92 Å². The molecule has 0 aromatic heterocycles. The van der Waals surface area contributed by atoms with Gasteiger partial charge >= 0.3 is 0 Å². The highest BCUT2D eigenvalue weighted by atomic mass is 32.2. The van der Waals surface area contributed by atoms with Gasteiger partial charge in [-0.25, -0.2) is 8.42 Å². The molecule has 1 saturated carbocycles. The van der Waals surface area contributed by atoms with Crippen LogP contribution in [0.5, 0.6) is 0 Å². The molecule has 2 unspecified atom stereocenters. The lowest BCUT2D eigenvalue weighted by atomic mass is 10.0. The van der Waals surface area contributed by atoms with Gasteiger partial charge in [-0.3, -0.25) is 0 Å². The number of nitrogens with zero attached hydrogens (tertiary/aromatic N) is 1. The van der Waals surface area contributed by atoms with E-state index >= 15 is 0 Å². The van der Waals surface area contributed by atoms with E-state index < -0.39 is 10.0 Å². The van der Waals surface area contributed by atoms with Crippen LogP contribution in [0.4, 0.5) is 0 Å². The van der Waals surface area contributed by atoms with E-state index in [0.717, 1.165) is 32.1 Å². The van der Waals surface area contributed by atoms with Gasteiger partial charge in [0.1, 0.15) is 0 Å². The fourth-order valence-corrected chi connectivity index (χ4v) is 5.51. The summed E-state index contributed by atoms with van der Waals surface area (Å²) in [4.78, 5) is 0. The van der Waals surface area contributed by atoms with Gasteiger partial charge in [0, 0.05) is 12.6 Å². The van der Waals surface area contributed by atoms with Crippen LogP contribution in [-0.2, 0) is 10.0 Å². The zero-order valence-corrected chi connectivity index (χ0v) is 11.5. The first-order chi connectivity index (χ1) is 8.05. The summed E-state index contributed by atoms with van der Waals surface area (Å²) in [7, 11) is -3.08. The Morgan fingerprint density at radius 1 is 1.24 bits per heavy atom. The molecule has 100 valence electrons. The summed E-state index contributed by atoms with van der Waals surface area (Å²) in [5.74, 6) is 0.350. The van der Waals surface area contributed by atoms with Crippen LogP contribution < -0.4 is 5.73 Å². The molecule has 4 nitrogen and oxygen atoms in total. The Morgan fingerprint density at radius 2 is 1.88 bits per heavy atom. The van der Waals surface area contributed by atoms with E-state index in [4.69, 9.17) is 5.73 Å². The molecule has 5 heteroatoms. The molecule has 0 aromatic rings. The minimum Gasteiger partial charge on any atom is -0.330 e. The van der Waals surface area contributed by atoms with E-state index in [9.17, 15) is 8.42 Å². The predicted octanol–water partition coefficient (Wildman–Crippen LogP) is 1.32. The Balaban J connectivity index is 2.09. The molecule has 17 heavy (non-hydrogen) atoms. The van der Waals surface area contributed by atoms with E-state index in [-0.39, 0.29) is 11.3 Å². The van der Waals surface area contributed by atoms with E-state index in [1.54, 1.807) is 4.31 Å². The van der Waals surface area contributed by atoms with E-state index in [1.165, 1.54) is 6.42 Å². The van der Waals surface area contributed by atoms with Crippen LogP contribution in [0.1, 0.15) is 45.4 Å². The molecule has 1 saturated heterocycles. The monoisotopic (exact) mass is 260 g/mol. The maximum Gasteiger partial charge on any atom is 0.217 e. The number of nitrogens with two attached hydrogens (primary N) is 1. The maximum atomic E-state index is 12.5. The van der Waals surface area contributed by atoms with Crippen molar-refractivity contribution in [1.82, 2.24) is 4.31 Å². The Kier molecular flexibility index (Phi) is 4.10. The van der Waals surface area contributed by atoms with Crippen LogP contribution in [0.3, 0.4) is 0 Å². The van der Waals surface area contributed by atoms with Crippen LogP contribution in [0, 0.1) is 5.92 Å². The summed E-state index contributed by atoms with van der Waals surface area (Å²) in [5, 5.41) is -0.129. The standard InChI is InChI=1S/C12H24N2O2S/c1-10-7-11(8-13)9-14(10)17(15,16)12-5-3-2-4-6-12/h10-12H,2-9,13H2,1H3. The van der Waals surface area contributed by atoms with Crippen molar-refractivity contribution in [3.8, 4) is 0 Å². The second-order valence-corrected chi connectivity index (χ2v) is 7.73. The van der Waals surface area contributed by atoms with Crippen molar-refractivity contribution in [3.63, 3.8) is 0 Å². The zero-order valence-electron chi connectivity index (χ0n) is 10.6. The highest BCUT2D eigenvalue weighted by Crippen LogP contribution is 2.32. The van der Waals surface area contributed by atoms with Crippen molar-refractivity contribution in [3.05, 3.63) is 0 Å². The SMILES string of the molecule is CC1CC(CN)CN1S(=O)(=O)C1CCCCC1. The second-order valence-electron chi connectivity index (χ2n) is 5.56. The van der Waals surface area contributed by atoms with Gasteiger partial charge < -0.3 is 5.73 Å². The molecule has 2 aliphatic rings. The summed E-state index contributed by atoms with van der Waals surface area (Å²) in [6.07, 6.45) is 5.92. The summed E-state index contributed by atoms with van der Waals surface area (Å²) in [6, 6.07) is 0.135. The first kappa shape index (κ1) is 13.3. The van der Waals surface area contributed by atoms with Crippen LogP contribution in [0.2, 0.25) is 0 Å². The summed E-state index contributed by atoms with van der Waals surface area (Å²) in [6.45, 7) is 3.24. The van der Waals surface area contributed by atoms with Crippen LogP contribution >= 0.6 is 0 Å². The van der Waals surface area contributed by atoms with Crippen molar-refractivity contribution in [1.29, 1.82) is 0 Å². The highest BCUT2D eigenvalue weighted by Gasteiger charge is 2.40. The Bertz CT molecular complexity index is 350. The first-order valence-electron chi connectivity index (χ1n) is 6.76. The minimum atomic E-state index is -3.08. The van der Waals surface area contributed by atoms with E-state index in [2.05, 4.69) is 0 Å². The third kappa shape index (κ3) is 2.66. The Morgan fingerprint density at radius 3 is 2.41 bits per heavy atom. The van der Waals surface area contributed by atoms with Crippen molar-refractivity contribution >= 4 is 10.0 Å². The van der Waals surface area contributed by atoms with Gasteiger partial charge in [-0.05, 0) is 38.6 Å². The summed E-state index contributed by atoms with van der Waals surface area (Å²) >= 11 is 0. The van der Waals surface area contributed by atoms with Gasteiger partial charge in [-0.2, -0.15) is 4.31 Å². The predicted molar refractivity (Wildman–Crippen MR) is 69.1 cm³/mol. The zero-order chi connectivity index (χ0) is 12.5. The molecule has 1 heterocycles. The van der Waals surface area contributed by atoms with Gasteiger partial charge in [0.2, 0.25) is 10.0 Å². The Labute approximate surface area is 105 Å². The summed E-state index contributed by atoms with van der Waals surface area (Å²) in [5.41, 5.74) is 5.66. The molecule has 1 aliphatic heterocycles. The lowest BCUT2D eigenvalue weighted by Crippen LogP contribution is -2.41. The highest BCUT2D eigenvalue weighted by molar-refractivity contribution is 7.89. The molecular formula is C12H24N2O2S. The smallest absolute Gasteiger partial charge is 0.217 e. The van der Waals surface area contributed by atoms with Crippen LogP contribution in [0.25, 0.3) is 0 Å². The molecule has 2 fully saturated rings. The van der Waals surface area contributed by atoms with Crippen LogP contribution in [-0.4, -0.2) is 37.1 Å². The average Bonchev–Trinajstić information content (AvgIpc) is 2.72. The quantitative estimate of drug-likeness (QED) is 0.832. The molecule has 0 spiro atoms. The molecule has 0 radical (unpaired) electrons. The lowest BCUT2D eigenvalue weighted by molar-refractivity contribution is 0.381. The third-order valence-corrected chi connectivity index (χ3v) is 6.71. The molecule has 2 atom stereocenters. The van der Waals surface area contributed by atoms with Gasteiger partial charge in [0.25, 0.3) is 0 Å². The van der Waals surface area contributed by atoms with Gasteiger partial charge in [-0.1, -0.05) is 19.3 Å².